The number of aryl methyl sites for hydroxylation is 1. The molecule has 0 saturated heterocycles. The van der Waals surface area contributed by atoms with Gasteiger partial charge in [0, 0.05) is 29.7 Å². The lowest BCUT2D eigenvalue weighted by Crippen LogP contribution is -2.11. The molecule has 16 heavy (non-hydrogen) atoms. The third-order valence-corrected chi connectivity index (χ3v) is 3.86. The fraction of sp³-hybridized carbons (Fsp3) is 0.769. The molecule has 1 heterocycles. The molecule has 1 aliphatic rings. The van der Waals surface area contributed by atoms with Crippen LogP contribution in [0.2, 0.25) is 0 Å². The third kappa shape index (κ3) is 2.79. The lowest BCUT2D eigenvalue weighted by Gasteiger charge is -2.17. The molecular formula is C13H21ClN2. The molecule has 2 unspecified atom stereocenters. The van der Waals surface area contributed by atoms with E-state index in [-0.39, 0.29) is 0 Å². The van der Waals surface area contributed by atoms with Crippen LogP contribution in [0.4, 0.5) is 0 Å². The predicted octanol–water partition coefficient (Wildman–Crippen LogP) is 3.95. The van der Waals surface area contributed by atoms with Crippen molar-refractivity contribution in [3.8, 4) is 0 Å². The molecule has 0 aromatic carbocycles. The van der Waals surface area contributed by atoms with Crippen LogP contribution in [-0.2, 0) is 6.54 Å². The molecule has 2 rings (SSSR count). The Bertz CT molecular complexity index is 321. The second kappa shape index (κ2) is 5.72. The van der Waals surface area contributed by atoms with Gasteiger partial charge in [-0.15, -0.1) is 11.6 Å². The predicted molar refractivity (Wildman–Crippen MR) is 68.0 cm³/mol. The summed E-state index contributed by atoms with van der Waals surface area (Å²) >= 11 is 6.33. The van der Waals surface area contributed by atoms with E-state index < -0.39 is 0 Å². The molecule has 0 N–H and O–H groups in total. The minimum Gasteiger partial charge on any atom is -0.269 e. The molecule has 1 saturated carbocycles. The van der Waals surface area contributed by atoms with Gasteiger partial charge < -0.3 is 0 Å². The first-order valence-corrected chi connectivity index (χ1v) is 6.90. The van der Waals surface area contributed by atoms with E-state index in [0.717, 1.165) is 19.4 Å². The Kier molecular flexibility index (Phi) is 4.28. The Morgan fingerprint density at radius 1 is 1.44 bits per heavy atom. The first-order valence-electron chi connectivity index (χ1n) is 6.47. The van der Waals surface area contributed by atoms with E-state index in [4.69, 9.17) is 11.6 Å². The van der Waals surface area contributed by atoms with Crippen molar-refractivity contribution in [3.05, 3.63) is 18.0 Å². The highest BCUT2D eigenvalue weighted by atomic mass is 35.5. The van der Waals surface area contributed by atoms with Crippen LogP contribution in [0.3, 0.4) is 0 Å². The summed E-state index contributed by atoms with van der Waals surface area (Å²) in [6.45, 7) is 3.23. The van der Waals surface area contributed by atoms with Gasteiger partial charge in [-0.25, -0.2) is 0 Å². The summed E-state index contributed by atoms with van der Waals surface area (Å²) in [5.74, 6) is 0.624. The van der Waals surface area contributed by atoms with Gasteiger partial charge in [0.05, 0.1) is 0 Å². The Balaban J connectivity index is 2.11. The van der Waals surface area contributed by atoms with Crippen LogP contribution in [0.5, 0.6) is 0 Å². The van der Waals surface area contributed by atoms with E-state index in [2.05, 4.69) is 22.8 Å². The highest BCUT2D eigenvalue weighted by molar-refractivity contribution is 6.20. The van der Waals surface area contributed by atoms with Gasteiger partial charge in [-0.3, -0.25) is 4.68 Å². The van der Waals surface area contributed by atoms with Crippen molar-refractivity contribution in [3.63, 3.8) is 0 Å². The van der Waals surface area contributed by atoms with Gasteiger partial charge in [0.25, 0.3) is 0 Å². The largest absolute Gasteiger partial charge is 0.269 e. The molecule has 0 amide bonds. The summed E-state index contributed by atoms with van der Waals surface area (Å²) in [5.41, 5.74) is 1.40. The number of hydrogen-bond donors (Lipinski definition) is 0. The molecular weight excluding hydrogens is 220 g/mol. The number of aromatic nitrogens is 2. The SMILES string of the molecule is CCCn1nccc1C1CCCCC(Cl)C1. The van der Waals surface area contributed by atoms with Gasteiger partial charge in [-0.1, -0.05) is 19.8 Å². The van der Waals surface area contributed by atoms with Gasteiger partial charge >= 0.3 is 0 Å². The van der Waals surface area contributed by atoms with Crippen LogP contribution >= 0.6 is 11.6 Å². The smallest absolute Gasteiger partial charge is 0.0492 e. The normalized spacial score (nSPS) is 26.6. The van der Waals surface area contributed by atoms with E-state index in [1.807, 2.05) is 6.20 Å². The minimum atomic E-state index is 0.359. The van der Waals surface area contributed by atoms with Gasteiger partial charge in [-0.2, -0.15) is 5.10 Å². The molecule has 1 aromatic heterocycles. The Morgan fingerprint density at radius 2 is 2.25 bits per heavy atom. The van der Waals surface area contributed by atoms with Crippen molar-refractivity contribution in [1.82, 2.24) is 9.78 Å². The number of rotatable bonds is 3. The van der Waals surface area contributed by atoms with Crippen molar-refractivity contribution < 1.29 is 0 Å². The van der Waals surface area contributed by atoms with E-state index in [1.165, 1.54) is 31.4 Å². The van der Waals surface area contributed by atoms with Crippen LogP contribution in [0.15, 0.2) is 12.3 Å². The molecule has 0 bridgehead atoms. The monoisotopic (exact) mass is 240 g/mol. The molecule has 1 fully saturated rings. The van der Waals surface area contributed by atoms with E-state index in [1.54, 1.807) is 0 Å². The highest BCUT2D eigenvalue weighted by Gasteiger charge is 2.22. The quantitative estimate of drug-likeness (QED) is 0.578. The average Bonchev–Trinajstić information content (AvgIpc) is 2.61. The zero-order valence-corrected chi connectivity index (χ0v) is 10.8. The van der Waals surface area contributed by atoms with Crippen LogP contribution in [0.25, 0.3) is 0 Å². The minimum absolute atomic E-state index is 0.359. The highest BCUT2D eigenvalue weighted by Crippen LogP contribution is 2.33. The van der Waals surface area contributed by atoms with E-state index in [0.29, 0.717) is 11.3 Å². The zero-order chi connectivity index (χ0) is 11.4. The number of hydrogen-bond acceptors (Lipinski definition) is 1. The first-order chi connectivity index (χ1) is 7.81. The lowest BCUT2D eigenvalue weighted by atomic mass is 9.96. The summed E-state index contributed by atoms with van der Waals surface area (Å²) in [6, 6.07) is 2.18. The van der Waals surface area contributed by atoms with E-state index >= 15 is 0 Å². The number of alkyl halides is 1. The van der Waals surface area contributed by atoms with Crippen LogP contribution in [-0.4, -0.2) is 15.2 Å². The first kappa shape index (κ1) is 12.0. The van der Waals surface area contributed by atoms with Crippen molar-refractivity contribution >= 4 is 11.6 Å². The molecule has 1 aliphatic carbocycles. The fourth-order valence-corrected chi connectivity index (χ4v) is 3.03. The molecule has 2 atom stereocenters. The van der Waals surface area contributed by atoms with Crippen molar-refractivity contribution in [2.24, 2.45) is 0 Å². The average molecular weight is 241 g/mol. The molecule has 3 heteroatoms. The third-order valence-electron chi connectivity index (χ3n) is 3.46. The fourth-order valence-electron chi connectivity index (χ4n) is 2.66. The molecule has 90 valence electrons. The molecule has 0 spiro atoms. The van der Waals surface area contributed by atoms with Crippen molar-refractivity contribution in [2.75, 3.05) is 0 Å². The maximum atomic E-state index is 6.33. The maximum absolute atomic E-state index is 6.33. The molecule has 0 radical (unpaired) electrons. The van der Waals surface area contributed by atoms with Crippen molar-refractivity contribution in [1.29, 1.82) is 0 Å². The maximum Gasteiger partial charge on any atom is 0.0492 e. The Labute approximate surface area is 103 Å². The molecule has 1 aromatic rings. The standard InChI is InChI=1S/C13H21ClN2/c1-2-9-16-13(7-8-15-16)11-5-3-4-6-12(14)10-11/h7-8,11-12H,2-6,9-10H2,1H3. The number of nitrogens with zero attached hydrogens (tertiary/aromatic N) is 2. The number of halogens is 1. The summed E-state index contributed by atoms with van der Waals surface area (Å²) in [4.78, 5) is 0. The molecule has 0 aliphatic heterocycles. The van der Waals surface area contributed by atoms with Crippen LogP contribution in [0.1, 0.15) is 57.1 Å². The van der Waals surface area contributed by atoms with Gasteiger partial charge in [-0.05, 0) is 31.7 Å². The topological polar surface area (TPSA) is 17.8 Å². The lowest BCUT2D eigenvalue weighted by molar-refractivity contribution is 0.502. The van der Waals surface area contributed by atoms with Gasteiger partial charge in [0.2, 0.25) is 0 Å². The summed E-state index contributed by atoms with van der Waals surface area (Å²) in [5, 5.41) is 4.77. The van der Waals surface area contributed by atoms with Crippen LogP contribution < -0.4 is 0 Å². The second-order valence-electron chi connectivity index (χ2n) is 4.79. The van der Waals surface area contributed by atoms with Crippen LogP contribution in [0, 0.1) is 0 Å². The van der Waals surface area contributed by atoms with Crippen molar-refractivity contribution in [2.45, 2.75) is 63.3 Å². The Morgan fingerprint density at radius 3 is 3.06 bits per heavy atom. The van der Waals surface area contributed by atoms with Gasteiger partial charge in [0.1, 0.15) is 0 Å². The zero-order valence-electron chi connectivity index (χ0n) is 10.0. The Hall–Kier alpha value is -0.500. The molecule has 2 nitrogen and oxygen atoms in total. The second-order valence-corrected chi connectivity index (χ2v) is 5.41. The van der Waals surface area contributed by atoms with Gasteiger partial charge in [0.15, 0.2) is 0 Å². The summed E-state index contributed by atoms with van der Waals surface area (Å²) < 4.78 is 2.17. The summed E-state index contributed by atoms with van der Waals surface area (Å²) in [6.07, 6.45) is 9.25. The summed E-state index contributed by atoms with van der Waals surface area (Å²) in [7, 11) is 0. The van der Waals surface area contributed by atoms with E-state index in [9.17, 15) is 0 Å².